The Bertz CT molecular complexity index is 2000. The van der Waals surface area contributed by atoms with Gasteiger partial charge in [0, 0.05) is 89.9 Å². The Labute approximate surface area is 302 Å². The minimum atomic E-state index is 0.0208. The molecule has 2 amide bonds. The summed E-state index contributed by atoms with van der Waals surface area (Å²) in [6.45, 7) is 17.6. The van der Waals surface area contributed by atoms with Crippen molar-refractivity contribution in [1.29, 1.82) is 0 Å². The van der Waals surface area contributed by atoms with E-state index in [1.165, 1.54) is 11.1 Å². The van der Waals surface area contributed by atoms with Crippen molar-refractivity contribution in [2.24, 2.45) is 0 Å². The highest BCUT2D eigenvalue weighted by Crippen LogP contribution is 2.41. The number of likely N-dealkylation sites (N-methyl/N-ethyl adjacent to an activating group) is 2. The first kappa shape index (κ1) is 37.7. The molecule has 3 aromatic heterocycles. The molecule has 8 bridgehead atoms. The molecule has 10 nitrogen and oxygen atoms in total. The molecule has 5 heterocycles. The zero-order valence-electron chi connectivity index (χ0n) is 32.0. The number of nitrogens with zero attached hydrogens (tertiary/aromatic N) is 4. The van der Waals surface area contributed by atoms with Gasteiger partial charge >= 0.3 is 0 Å². The summed E-state index contributed by atoms with van der Waals surface area (Å²) in [7, 11) is 7.99. The van der Waals surface area contributed by atoms with Gasteiger partial charge in [-0.05, 0) is 121 Å². The third-order valence-electron chi connectivity index (χ3n) is 10.5. The number of aromatic amines is 2. The molecule has 0 spiro atoms. The third-order valence-corrected chi connectivity index (χ3v) is 10.5. The van der Waals surface area contributed by atoms with Crippen LogP contribution in [0, 0.1) is 20.8 Å². The Morgan fingerprint density at radius 1 is 0.765 bits per heavy atom. The largest absolute Gasteiger partial charge is 0.355 e. The van der Waals surface area contributed by atoms with Crippen molar-refractivity contribution in [1.82, 2.24) is 40.4 Å². The molecule has 0 saturated heterocycles. The van der Waals surface area contributed by atoms with Crippen LogP contribution in [0.5, 0.6) is 0 Å². The predicted molar refractivity (Wildman–Crippen MR) is 211 cm³/mol. The lowest BCUT2D eigenvalue weighted by atomic mass is 9.87. The van der Waals surface area contributed by atoms with E-state index in [1.807, 2.05) is 34.3 Å². The van der Waals surface area contributed by atoms with Crippen molar-refractivity contribution in [3.05, 3.63) is 75.9 Å². The summed E-state index contributed by atoms with van der Waals surface area (Å²) in [5.74, 6) is 0.190. The summed E-state index contributed by atoms with van der Waals surface area (Å²) in [5, 5.41) is 6.13. The summed E-state index contributed by atoms with van der Waals surface area (Å²) in [4.78, 5) is 47.8. The van der Waals surface area contributed by atoms with Crippen molar-refractivity contribution in [3.63, 3.8) is 0 Å². The molecule has 10 heteroatoms. The Balaban J connectivity index is 1.66. The molecule has 0 aliphatic carbocycles. The average molecular weight is 693 g/mol. The van der Waals surface area contributed by atoms with Gasteiger partial charge in [-0.25, -0.2) is 4.98 Å². The lowest BCUT2D eigenvalue weighted by Gasteiger charge is -2.16. The molecule has 0 radical (unpaired) electrons. The molecule has 3 aromatic rings. The first-order chi connectivity index (χ1) is 24.3. The molecule has 0 saturated carbocycles. The molecule has 4 N–H and O–H groups in total. The van der Waals surface area contributed by atoms with E-state index in [-0.39, 0.29) is 23.7 Å². The highest BCUT2D eigenvalue weighted by Gasteiger charge is 2.30. The van der Waals surface area contributed by atoms with Crippen LogP contribution < -0.4 is 10.6 Å². The molecule has 0 fully saturated rings. The van der Waals surface area contributed by atoms with Gasteiger partial charge in [-0.15, -0.1) is 0 Å². The summed E-state index contributed by atoms with van der Waals surface area (Å²) >= 11 is 0. The molecule has 5 rings (SSSR count). The third kappa shape index (κ3) is 8.68. The summed E-state index contributed by atoms with van der Waals surface area (Å²) < 4.78 is 0. The first-order valence-electron chi connectivity index (χ1n) is 18.1. The number of fused-ring (bicyclic) bond motifs is 8. The maximum atomic E-state index is 12.9. The maximum Gasteiger partial charge on any atom is 0.220 e. The number of aryl methyl sites for hydroxylation is 3. The van der Waals surface area contributed by atoms with Crippen LogP contribution in [0.15, 0.2) is 30.8 Å². The van der Waals surface area contributed by atoms with Crippen molar-refractivity contribution >= 4 is 51.1 Å². The minimum Gasteiger partial charge on any atom is -0.355 e. The fourth-order valence-electron chi connectivity index (χ4n) is 7.01. The van der Waals surface area contributed by atoms with Crippen LogP contribution in [0.2, 0.25) is 0 Å². The van der Waals surface area contributed by atoms with Crippen molar-refractivity contribution < 1.29 is 9.59 Å². The van der Waals surface area contributed by atoms with Gasteiger partial charge in [0.2, 0.25) is 11.8 Å². The van der Waals surface area contributed by atoms with Gasteiger partial charge in [-0.2, -0.15) is 0 Å². The number of carbonyl (C=O) groups is 2. The lowest BCUT2D eigenvalue weighted by molar-refractivity contribution is -0.122. The quantitative estimate of drug-likeness (QED) is 0.160. The van der Waals surface area contributed by atoms with Gasteiger partial charge in [0.05, 0.1) is 11.4 Å². The van der Waals surface area contributed by atoms with E-state index in [9.17, 15) is 9.59 Å². The molecule has 2 atom stereocenters. The van der Waals surface area contributed by atoms with E-state index in [0.717, 1.165) is 80.2 Å². The van der Waals surface area contributed by atoms with Gasteiger partial charge < -0.3 is 30.4 Å². The Morgan fingerprint density at radius 3 is 1.98 bits per heavy atom. The van der Waals surface area contributed by atoms with Gasteiger partial charge in [0.15, 0.2) is 0 Å². The van der Waals surface area contributed by atoms with Gasteiger partial charge in [0.1, 0.15) is 0 Å². The van der Waals surface area contributed by atoms with Gasteiger partial charge in [0.25, 0.3) is 0 Å². The van der Waals surface area contributed by atoms with E-state index >= 15 is 0 Å². The summed E-state index contributed by atoms with van der Waals surface area (Å²) in [6.07, 6.45) is 3.88. The number of hydrogen-bond donors (Lipinski definition) is 4. The zero-order chi connectivity index (χ0) is 37.0. The van der Waals surface area contributed by atoms with Crippen LogP contribution in [-0.2, 0) is 9.59 Å². The van der Waals surface area contributed by atoms with Crippen LogP contribution >= 0.6 is 0 Å². The molecule has 2 unspecified atom stereocenters. The summed E-state index contributed by atoms with van der Waals surface area (Å²) in [5.41, 5.74) is 14.2. The average Bonchev–Trinajstić information content (AvgIpc) is 3.72. The van der Waals surface area contributed by atoms with Gasteiger partial charge in [-0.3, -0.25) is 14.6 Å². The molecule has 2 aliphatic rings. The number of nitrogens with one attached hydrogen (secondary N) is 4. The van der Waals surface area contributed by atoms with Crippen LogP contribution in [-0.4, -0.2) is 95.9 Å². The topological polar surface area (TPSA) is 122 Å². The number of allylic oxidation sites excluding steroid dienone is 2. The van der Waals surface area contributed by atoms with Crippen molar-refractivity contribution in [2.75, 3.05) is 54.4 Å². The van der Waals surface area contributed by atoms with Crippen LogP contribution in [0.1, 0.15) is 96.4 Å². The van der Waals surface area contributed by atoms with E-state index in [4.69, 9.17) is 9.97 Å². The van der Waals surface area contributed by atoms with E-state index in [0.29, 0.717) is 38.8 Å². The smallest absolute Gasteiger partial charge is 0.220 e. The number of rotatable bonds is 13. The number of aromatic nitrogens is 4. The number of hydrogen-bond acceptors (Lipinski definition) is 6. The minimum absolute atomic E-state index is 0.0208. The predicted octanol–water partition coefficient (Wildman–Crippen LogP) is 6.62. The fourth-order valence-corrected chi connectivity index (χ4v) is 7.01. The molecular weight excluding hydrogens is 637 g/mol. The lowest BCUT2D eigenvalue weighted by Crippen LogP contribution is -2.31. The molecular formula is C41H56N8O2. The monoisotopic (exact) mass is 692 g/mol. The van der Waals surface area contributed by atoms with E-state index < -0.39 is 0 Å². The highest BCUT2D eigenvalue weighted by molar-refractivity contribution is 5.94. The maximum absolute atomic E-state index is 12.9. The second-order valence-electron chi connectivity index (χ2n) is 14.7. The first-order valence-corrected chi connectivity index (χ1v) is 18.1. The standard InChI is InChI=1S/C41H56N8O2/c1-11-29-26(4)34-20-32-24(2)25(3)33(44-32)21-35-27(5)30(12-14-40(50)42-16-18-48(7)8)38(46-35)23-39-31(13-15-41(51)43-17-19-49(9)10)28(6)36(47-39)22-37(29)45-34/h11,20-23,27,30,44-45H,1,12-19H2,2-10H3,(H,42,50)(H,43,51). The Morgan fingerprint density at radius 2 is 1.35 bits per heavy atom. The zero-order valence-corrected chi connectivity index (χ0v) is 32.0. The Hall–Kier alpha value is -4.54. The second-order valence-corrected chi connectivity index (χ2v) is 14.7. The molecule has 0 aromatic carbocycles. The SMILES string of the molecule is C=Cc1c(C)c2cc3[nH]c(cc4nc(cc5nc(cc1[nH]2)C(C)=C5CCC(=O)NCCN(C)C)C(CCC(=O)NCCN(C)C)C4C)c(C)c3C. The van der Waals surface area contributed by atoms with Crippen molar-refractivity contribution in [2.45, 2.75) is 72.1 Å². The highest BCUT2D eigenvalue weighted by atomic mass is 16.2. The van der Waals surface area contributed by atoms with E-state index in [2.05, 4.69) is 95.9 Å². The van der Waals surface area contributed by atoms with Gasteiger partial charge in [-0.1, -0.05) is 19.6 Å². The van der Waals surface area contributed by atoms with Crippen LogP contribution in [0.25, 0.3) is 39.3 Å². The second kappa shape index (κ2) is 16.2. The molecule has 272 valence electrons. The van der Waals surface area contributed by atoms with E-state index in [1.54, 1.807) is 0 Å². The number of H-pyrrole nitrogens is 2. The number of amides is 2. The molecule has 51 heavy (non-hydrogen) atoms. The van der Waals surface area contributed by atoms with Crippen molar-refractivity contribution in [3.8, 4) is 0 Å². The molecule has 2 aliphatic heterocycles. The Kier molecular flexibility index (Phi) is 12.0. The number of carbonyl (C=O) groups excluding carboxylic acids is 2. The van der Waals surface area contributed by atoms with Crippen LogP contribution in [0.4, 0.5) is 0 Å². The summed E-state index contributed by atoms with van der Waals surface area (Å²) in [6, 6.07) is 8.54. The normalized spacial score (nSPS) is 15.9. The fraction of sp³-hybridized carbons (Fsp3) is 0.463. The van der Waals surface area contributed by atoms with Crippen LogP contribution in [0.3, 0.4) is 0 Å².